The lowest BCUT2D eigenvalue weighted by atomic mass is 9.96. The Bertz CT molecular complexity index is 814. The number of amides is 3. The molecule has 0 bridgehead atoms. The highest BCUT2D eigenvalue weighted by Gasteiger charge is 2.64. The van der Waals surface area contributed by atoms with Gasteiger partial charge in [-0.3, -0.25) is 14.4 Å². The Morgan fingerprint density at radius 2 is 1.90 bits per heavy atom. The number of hydrogen-bond acceptors (Lipinski definition) is 6. The summed E-state index contributed by atoms with van der Waals surface area (Å²) in [5.74, 6) is -1.21. The Morgan fingerprint density at radius 1 is 1.21 bits per heavy atom. The van der Waals surface area contributed by atoms with Crippen LogP contribution >= 0.6 is 11.8 Å². The number of rotatable bonds is 7. The molecule has 0 unspecified atom stereocenters. The van der Waals surface area contributed by atoms with Crippen LogP contribution in [0, 0.1) is 0 Å². The molecule has 2 N–H and O–H groups in total. The zero-order valence-corrected chi connectivity index (χ0v) is 17.5. The van der Waals surface area contributed by atoms with Crippen molar-refractivity contribution < 1.29 is 23.9 Å². The molecule has 29 heavy (non-hydrogen) atoms. The van der Waals surface area contributed by atoms with Crippen molar-refractivity contribution in [2.24, 2.45) is 0 Å². The molecule has 3 rings (SSSR count). The van der Waals surface area contributed by atoms with Crippen LogP contribution in [0.5, 0.6) is 0 Å². The molecule has 1 aromatic rings. The topological polar surface area (TPSA) is 105 Å². The van der Waals surface area contributed by atoms with E-state index >= 15 is 0 Å². The second kappa shape index (κ2) is 8.44. The molecule has 2 fully saturated rings. The number of nitrogens with one attached hydrogen (secondary N) is 2. The summed E-state index contributed by atoms with van der Waals surface area (Å²) < 4.78 is 4.71. The number of esters is 1. The minimum atomic E-state index is -0.732. The summed E-state index contributed by atoms with van der Waals surface area (Å²) in [6.07, 6.45) is 0.194. The van der Waals surface area contributed by atoms with Gasteiger partial charge in [0.1, 0.15) is 24.1 Å². The van der Waals surface area contributed by atoms with Gasteiger partial charge < -0.3 is 20.3 Å². The van der Waals surface area contributed by atoms with E-state index in [-0.39, 0.29) is 42.7 Å². The van der Waals surface area contributed by atoms with Gasteiger partial charge >= 0.3 is 5.97 Å². The zero-order chi connectivity index (χ0) is 21.2. The van der Waals surface area contributed by atoms with E-state index < -0.39 is 22.8 Å². The zero-order valence-electron chi connectivity index (χ0n) is 16.6. The van der Waals surface area contributed by atoms with E-state index in [2.05, 4.69) is 10.6 Å². The van der Waals surface area contributed by atoms with Gasteiger partial charge in [-0.2, -0.15) is 0 Å². The van der Waals surface area contributed by atoms with Gasteiger partial charge in [0, 0.05) is 11.7 Å². The molecule has 0 spiro atoms. The van der Waals surface area contributed by atoms with E-state index in [1.54, 1.807) is 0 Å². The van der Waals surface area contributed by atoms with Gasteiger partial charge in [-0.25, -0.2) is 4.79 Å². The van der Waals surface area contributed by atoms with Crippen LogP contribution in [0.1, 0.15) is 26.3 Å². The highest BCUT2D eigenvalue weighted by Crippen LogP contribution is 2.51. The molecule has 3 amide bonds. The van der Waals surface area contributed by atoms with Crippen LogP contribution in [0.15, 0.2) is 30.3 Å². The summed E-state index contributed by atoms with van der Waals surface area (Å²) in [5.41, 5.74) is 0.869. The minimum absolute atomic E-state index is 0.0413. The summed E-state index contributed by atoms with van der Waals surface area (Å²) in [6.45, 7) is 5.41. The Morgan fingerprint density at radius 3 is 2.55 bits per heavy atom. The Kier molecular flexibility index (Phi) is 6.16. The number of benzene rings is 1. The fourth-order valence-electron chi connectivity index (χ4n) is 3.59. The lowest BCUT2D eigenvalue weighted by molar-refractivity contribution is -0.164. The first-order valence-electron chi connectivity index (χ1n) is 9.45. The number of fused-ring (bicyclic) bond motifs is 1. The van der Waals surface area contributed by atoms with Gasteiger partial charge in [0.15, 0.2) is 0 Å². The molecule has 2 heterocycles. The molecule has 0 radical (unpaired) electrons. The maximum atomic E-state index is 12.7. The molecule has 156 valence electrons. The normalized spacial score (nSPS) is 24.3. The number of ether oxygens (including phenoxy) is 1. The third-order valence-corrected chi connectivity index (χ3v) is 6.48. The summed E-state index contributed by atoms with van der Waals surface area (Å²) >= 11 is 1.48. The molecule has 3 atom stereocenters. The van der Waals surface area contributed by atoms with Crippen LogP contribution < -0.4 is 10.6 Å². The highest BCUT2D eigenvalue weighted by molar-refractivity contribution is 8.01. The van der Waals surface area contributed by atoms with E-state index in [0.717, 1.165) is 5.56 Å². The largest absolute Gasteiger partial charge is 0.462 e. The molecular formula is C20H25N3O5S. The number of thioether (sulfide) groups is 1. The van der Waals surface area contributed by atoms with E-state index in [9.17, 15) is 19.2 Å². The van der Waals surface area contributed by atoms with Crippen molar-refractivity contribution in [2.45, 2.75) is 49.4 Å². The van der Waals surface area contributed by atoms with E-state index in [0.29, 0.717) is 0 Å². The van der Waals surface area contributed by atoms with E-state index in [1.807, 2.05) is 44.2 Å². The molecule has 2 aliphatic rings. The van der Waals surface area contributed by atoms with Crippen LogP contribution in [-0.2, 0) is 30.3 Å². The molecule has 8 nitrogen and oxygen atoms in total. The van der Waals surface area contributed by atoms with Crippen LogP contribution in [-0.4, -0.2) is 63.9 Å². The lowest BCUT2D eigenvalue weighted by Crippen LogP contribution is -2.70. The van der Waals surface area contributed by atoms with Gasteiger partial charge in [0.25, 0.3) is 0 Å². The van der Waals surface area contributed by atoms with Crippen molar-refractivity contribution >= 4 is 35.5 Å². The van der Waals surface area contributed by atoms with Gasteiger partial charge in [-0.1, -0.05) is 30.3 Å². The maximum Gasteiger partial charge on any atom is 0.330 e. The van der Waals surface area contributed by atoms with Gasteiger partial charge in [0.2, 0.25) is 17.7 Å². The lowest BCUT2D eigenvalue weighted by Gasteiger charge is -2.44. The van der Waals surface area contributed by atoms with Crippen molar-refractivity contribution in [2.75, 3.05) is 13.2 Å². The highest BCUT2D eigenvalue weighted by atomic mass is 32.2. The van der Waals surface area contributed by atoms with Crippen LogP contribution in [0.2, 0.25) is 0 Å². The predicted molar refractivity (Wildman–Crippen MR) is 108 cm³/mol. The van der Waals surface area contributed by atoms with Crippen molar-refractivity contribution in [3.8, 4) is 0 Å². The molecule has 9 heteroatoms. The first-order chi connectivity index (χ1) is 13.7. The minimum Gasteiger partial charge on any atom is -0.462 e. The smallest absolute Gasteiger partial charge is 0.330 e. The molecular weight excluding hydrogens is 394 g/mol. The van der Waals surface area contributed by atoms with Crippen molar-refractivity contribution in [1.29, 1.82) is 0 Å². The third-order valence-electron chi connectivity index (χ3n) is 4.91. The van der Waals surface area contributed by atoms with Crippen LogP contribution in [0.3, 0.4) is 0 Å². The Balaban J connectivity index is 1.58. The monoisotopic (exact) mass is 419 g/mol. The molecule has 0 saturated carbocycles. The Hall–Kier alpha value is -2.55. The molecule has 0 aromatic heterocycles. The SMILES string of the molecule is CC(=O)NCCOC(=O)[C@@H]1N2C(=O)[C@@H](NC(=O)Cc3ccccc3)[C@H]2SC1(C)C. The summed E-state index contributed by atoms with van der Waals surface area (Å²) in [5, 5.41) is 5.05. The number of carbonyl (C=O) groups excluding carboxylic acids is 4. The van der Waals surface area contributed by atoms with Crippen LogP contribution in [0.25, 0.3) is 0 Å². The number of carbonyl (C=O) groups is 4. The summed E-state index contributed by atoms with van der Waals surface area (Å²) in [4.78, 5) is 50.0. The first kappa shape index (κ1) is 21.2. The van der Waals surface area contributed by atoms with Crippen molar-refractivity contribution in [3.63, 3.8) is 0 Å². The number of hydrogen-bond donors (Lipinski definition) is 2. The number of nitrogens with zero attached hydrogens (tertiary/aromatic N) is 1. The van der Waals surface area contributed by atoms with E-state index in [4.69, 9.17) is 4.74 Å². The van der Waals surface area contributed by atoms with Gasteiger partial charge in [-0.05, 0) is 19.4 Å². The van der Waals surface area contributed by atoms with Gasteiger partial charge in [0.05, 0.1) is 13.0 Å². The fourth-order valence-corrected chi connectivity index (χ4v) is 5.21. The second-order valence-electron chi connectivity index (χ2n) is 7.62. The molecule has 1 aromatic carbocycles. The second-order valence-corrected chi connectivity index (χ2v) is 9.39. The summed E-state index contributed by atoms with van der Waals surface area (Å²) in [7, 11) is 0. The molecule has 2 saturated heterocycles. The fraction of sp³-hybridized carbons (Fsp3) is 0.500. The third kappa shape index (κ3) is 4.55. The average Bonchev–Trinajstić information content (AvgIpc) is 2.92. The summed E-state index contributed by atoms with van der Waals surface area (Å²) in [6, 6.07) is 7.93. The molecule has 0 aliphatic carbocycles. The van der Waals surface area contributed by atoms with Gasteiger partial charge in [-0.15, -0.1) is 11.8 Å². The predicted octanol–water partition coefficient (Wildman–Crippen LogP) is 0.456. The maximum absolute atomic E-state index is 12.7. The quantitative estimate of drug-likeness (QED) is 0.378. The number of β-lactam (4-membered cyclic amide) rings is 1. The molecule has 2 aliphatic heterocycles. The van der Waals surface area contributed by atoms with Crippen molar-refractivity contribution in [1.82, 2.24) is 15.5 Å². The van der Waals surface area contributed by atoms with Crippen molar-refractivity contribution in [3.05, 3.63) is 35.9 Å². The first-order valence-corrected chi connectivity index (χ1v) is 10.3. The van der Waals surface area contributed by atoms with E-state index in [1.165, 1.54) is 23.6 Å². The average molecular weight is 420 g/mol. The standard InChI is InChI=1S/C20H25N3O5S/c1-12(24)21-9-10-28-19(27)16-20(2,3)29-18-15(17(26)23(16)18)22-14(25)11-13-7-5-4-6-8-13/h4-8,15-16,18H,9-11H2,1-3H3,(H,21,24)(H,22,25)/t15-,16+,18-/m1/s1. The Labute approximate surface area is 173 Å². The van der Waals surface area contributed by atoms with Crippen LogP contribution in [0.4, 0.5) is 0 Å².